The van der Waals surface area contributed by atoms with Crippen LogP contribution in [0.5, 0.6) is 0 Å². The summed E-state index contributed by atoms with van der Waals surface area (Å²) in [6.45, 7) is 2.05. The van der Waals surface area contributed by atoms with Crippen molar-refractivity contribution in [1.29, 1.82) is 0 Å². The highest BCUT2D eigenvalue weighted by atomic mass is 127. The molecule has 1 saturated carbocycles. The van der Waals surface area contributed by atoms with Crippen LogP contribution < -0.4 is 0 Å². The lowest BCUT2D eigenvalue weighted by Crippen LogP contribution is -2.36. The van der Waals surface area contributed by atoms with Crippen LogP contribution in [0.15, 0.2) is 54.6 Å². The summed E-state index contributed by atoms with van der Waals surface area (Å²) in [5.74, 6) is 0. The number of rotatable bonds is 3. The SMILES string of the molecule is Cc1ccc(-c2cc(C3(O)CCC(F)(I)CC3)nn2-c2ccc(Cl)cc2)cc1. The average molecular weight is 511 g/mol. The summed E-state index contributed by atoms with van der Waals surface area (Å²) in [5, 5.41) is 16.6. The zero-order valence-corrected chi connectivity index (χ0v) is 18.4. The van der Waals surface area contributed by atoms with Crippen molar-refractivity contribution in [2.45, 2.75) is 41.9 Å². The van der Waals surface area contributed by atoms with E-state index in [1.165, 1.54) is 5.56 Å². The summed E-state index contributed by atoms with van der Waals surface area (Å²) in [7, 11) is 0. The van der Waals surface area contributed by atoms with Gasteiger partial charge in [0.1, 0.15) is 5.60 Å². The van der Waals surface area contributed by atoms with Gasteiger partial charge in [-0.2, -0.15) is 5.10 Å². The van der Waals surface area contributed by atoms with Gasteiger partial charge in [0.25, 0.3) is 0 Å². The fourth-order valence-corrected chi connectivity index (χ4v) is 4.27. The van der Waals surface area contributed by atoms with E-state index < -0.39 is 9.28 Å². The molecule has 1 fully saturated rings. The molecule has 0 atom stereocenters. The quantitative estimate of drug-likeness (QED) is 0.329. The summed E-state index contributed by atoms with van der Waals surface area (Å²) < 4.78 is 14.8. The van der Waals surface area contributed by atoms with Crippen LogP contribution >= 0.6 is 34.2 Å². The summed E-state index contributed by atoms with van der Waals surface area (Å²) in [5.41, 5.74) is 3.40. The van der Waals surface area contributed by atoms with Gasteiger partial charge in [0.15, 0.2) is 3.68 Å². The third-order valence-corrected chi connectivity index (χ3v) is 6.74. The van der Waals surface area contributed by atoms with Crippen LogP contribution in [-0.4, -0.2) is 18.6 Å². The summed E-state index contributed by atoms with van der Waals surface area (Å²) >= 11 is 7.89. The standard InChI is InChI=1S/C22H21ClFIN2O/c1-15-2-4-16(5-3-15)19-14-20(21(28)10-12-22(24,25)13-11-21)26-27(19)18-8-6-17(23)7-9-18/h2-9,14,28H,10-13H2,1H3. The van der Waals surface area contributed by atoms with E-state index in [0.717, 1.165) is 16.9 Å². The van der Waals surface area contributed by atoms with E-state index in [-0.39, 0.29) is 0 Å². The van der Waals surface area contributed by atoms with E-state index in [9.17, 15) is 9.50 Å². The second-order valence-electron chi connectivity index (χ2n) is 7.56. The lowest BCUT2D eigenvalue weighted by atomic mass is 9.81. The minimum atomic E-state index is -1.25. The van der Waals surface area contributed by atoms with Crippen LogP contribution in [0.3, 0.4) is 0 Å². The largest absolute Gasteiger partial charge is 0.383 e. The van der Waals surface area contributed by atoms with Gasteiger partial charge in [-0.3, -0.25) is 0 Å². The van der Waals surface area contributed by atoms with Crippen LogP contribution in [0.4, 0.5) is 4.39 Å². The smallest absolute Gasteiger partial charge is 0.161 e. The van der Waals surface area contributed by atoms with Gasteiger partial charge in [0.05, 0.1) is 17.1 Å². The van der Waals surface area contributed by atoms with Crippen molar-refractivity contribution in [1.82, 2.24) is 9.78 Å². The minimum absolute atomic E-state index is 0.317. The molecule has 0 saturated heterocycles. The fourth-order valence-electron chi connectivity index (χ4n) is 3.60. The third-order valence-electron chi connectivity index (χ3n) is 5.41. The maximum absolute atomic E-state index is 14.3. The first kappa shape index (κ1) is 19.9. The summed E-state index contributed by atoms with van der Waals surface area (Å²) in [4.78, 5) is 0. The Morgan fingerprint density at radius 3 is 2.25 bits per heavy atom. The Hall–Kier alpha value is -1.44. The van der Waals surface area contributed by atoms with Crippen molar-refractivity contribution in [3.05, 3.63) is 70.9 Å². The molecule has 0 unspecified atom stereocenters. The highest BCUT2D eigenvalue weighted by Crippen LogP contribution is 2.46. The van der Waals surface area contributed by atoms with Crippen LogP contribution in [0.2, 0.25) is 5.02 Å². The van der Waals surface area contributed by atoms with E-state index in [4.69, 9.17) is 16.7 Å². The van der Waals surface area contributed by atoms with Gasteiger partial charge >= 0.3 is 0 Å². The highest BCUT2D eigenvalue weighted by Gasteiger charge is 2.43. The molecule has 1 aliphatic rings. The van der Waals surface area contributed by atoms with Gasteiger partial charge in [-0.05, 0) is 85.5 Å². The first-order valence-corrected chi connectivity index (χ1v) is 10.8. The van der Waals surface area contributed by atoms with Crippen molar-refractivity contribution in [2.24, 2.45) is 0 Å². The van der Waals surface area contributed by atoms with Crippen LogP contribution in [-0.2, 0) is 5.60 Å². The van der Waals surface area contributed by atoms with E-state index in [0.29, 0.717) is 36.4 Å². The Morgan fingerprint density at radius 2 is 1.64 bits per heavy atom. The molecule has 0 radical (unpaired) electrons. The van der Waals surface area contributed by atoms with Gasteiger partial charge in [0.2, 0.25) is 0 Å². The van der Waals surface area contributed by atoms with Gasteiger partial charge < -0.3 is 5.11 Å². The number of aryl methyl sites for hydroxylation is 1. The molecule has 1 aliphatic carbocycles. The van der Waals surface area contributed by atoms with Crippen molar-refractivity contribution in [3.63, 3.8) is 0 Å². The Bertz CT molecular complexity index is 910. The van der Waals surface area contributed by atoms with Crippen molar-refractivity contribution in [2.75, 3.05) is 0 Å². The molecular formula is C22H21ClFIN2O. The lowest BCUT2D eigenvalue weighted by Gasteiger charge is -2.35. The van der Waals surface area contributed by atoms with Crippen LogP contribution in [0, 0.1) is 6.92 Å². The molecular weight excluding hydrogens is 490 g/mol. The number of halogens is 3. The van der Waals surface area contributed by atoms with Crippen molar-refractivity contribution >= 4 is 34.2 Å². The molecule has 2 aromatic carbocycles. The van der Waals surface area contributed by atoms with Crippen LogP contribution in [0.25, 0.3) is 16.9 Å². The first-order valence-electron chi connectivity index (χ1n) is 9.30. The average Bonchev–Trinajstić information content (AvgIpc) is 3.12. The second kappa shape index (κ2) is 7.43. The zero-order chi connectivity index (χ0) is 19.9. The van der Waals surface area contributed by atoms with Gasteiger partial charge in [-0.15, -0.1) is 0 Å². The van der Waals surface area contributed by atoms with E-state index in [2.05, 4.69) is 12.1 Å². The fraction of sp³-hybridized carbons (Fsp3) is 0.318. The highest BCUT2D eigenvalue weighted by molar-refractivity contribution is 14.1. The van der Waals surface area contributed by atoms with Crippen molar-refractivity contribution < 1.29 is 9.50 Å². The monoisotopic (exact) mass is 510 g/mol. The number of aromatic nitrogens is 2. The molecule has 0 amide bonds. The molecule has 0 aliphatic heterocycles. The molecule has 1 N–H and O–H groups in total. The maximum atomic E-state index is 14.3. The summed E-state index contributed by atoms with van der Waals surface area (Å²) in [6, 6.07) is 17.6. The topological polar surface area (TPSA) is 38.1 Å². The number of nitrogens with zero attached hydrogens (tertiary/aromatic N) is 2. The third kappa shape index (κ3) is 3.98. The molecule has 0 spiro atoms. The van der Waals surface area contributed by atoms with Gasteiger partial charge in [-0.1, -0.05) is 41.4 Å². The Balaban J connectivity index is 1.80. The Morgan fingerprint density at radius 1 is 1.04 bits per heavy atom. The van der Waals surface area contributed by atoms with E-state index in [1.54, 1.807) is 0 Å². The van der Waals surface area contributed by atoms with E-state index in [1.807, 2.05) is 76.7 Å². The molecule has 1 heterocycles. The number of benzene rings is 2. The Labute approximate surface area is 182 Å². The first-order chi connectivity index (χ1) is 13.3. The molecule has 3 aromatic rings. The van der Waals surface area contributed by atoms with Gasteiger partial charge in [0, 0.05) is 10.6 Å². The molecule has 3 nitrogen and oxygen atoms in total. The number of alkyl halides is 2. The van der Waals surface area contributed by atoms with Crippen LogP contribution in [0.1, 0.15) is 36.9 Å². The number of aliphatic hydroxyl groups is 1. The molecule has 4 rings (SSSR count). The normalized spacial score (nSPS) is 25.0. The van der Waals surface area contributed by atoms with E-state index >= 15 is 0 Å². The minimum Gasteiger partial charge on any atom is -0.383 e. The number of hydrogen-bond donors (Lipinski definition) is 1. The Kier molecular flexibility index (Phi) is 5.27. The maximum Gasteiger partial charge on any atom is 0.161 e. The summed E-state index contributed by atoms with van der Waals surface area (Å²) in [6.07, 6.45) is 1.35. The molecule has 0 bridgehead atoms. The molecule has 28 heavy (non-hydrogen) atoms. The van der Waals surface area contributed by atoms with Crippen molar-refractivity contribution in [3.8, 4) is 16.9 Å². The molecule has 1 aromatic heterocycles. The second-order valence-corrected chi connectivity index (χ2v) is 9.93. The van der Waals surface area contributed by atoms with Gasteiger partial charge in [-0.25, -0.2) is 9.07 Å². The predicted octanol–water partition coefficient (Wildman–Crippen LogP) is 6.36. The molecule has 6 heteroatoms. The predicted molar refractivity (Wildman–Crippen MR) is 119 cm³/mol. The zero-order valence-electron chi connectivity index (χ0n) is 15.5. The lowest BCUT2D eigenvalue weighted by molar-refractivity contribution is -0.0265. The molecule has 146 valence electrons. The number of hydrogen-bond acceptors (Lipinski definition) is 2.